The summed E-state index contributed by atoms with van der Waals surface area (Å²) < 4.78 is 15.6. The van der Waals surface area contributed by atoms with Crippen molar-refractivity contribution in [2.45, 2.75) is 19.1 Å². The summed E-state index contributed by atoms with van der Waals surface area (Å²) >= 11 is 0. The first kappa shape index (κ1) is 17.0. The average molecular weight is 370 g/mol. The van der Waals surface area contributed by atoms with Gasteiger partial charge >= 0.3 is 6.09 Å². The molecule has 2 amide bonds. The summed E-state index contributed by atoms with van der Waals surface area (Å²) in [5, 5.41) is 12.2. The number of nitrogens with zero attached hydrogens (tertiary/aromatic N) is 1. The number of rotatable bonds is 5. The molecule has 1 atom stereocenters. The molecule has 0 spiro atoms. The molecule has 2 heterocycles. The van der Waals surface area contributed by atoms with Gasteiger partial charge in [0.1, 0.15) is 18.4 Å². The van der Waals surface area contributed by atoms with E-state index in [2.05, 4.69) is 5.32 Å². The number of nitrogens with one attached hydrogen (secondary N) is 1. The summed E-state index contributed by atoms with van der Waals surface area (Å²) in [6, 6.07) is 11.2. The Hall–Kier alpha value is -3.42. The van der Waals surface area contributed by atoms with Crippen molar-refractivity contribution in [1.29, 1.82) is 0 Å². The van der Waals surface area contributed by atoms with Crippen molar-refractivity contribution >= 4 is 12.0 Å². The van der Waals surface area contributed by atoms with Crippen molar-refractivity contribution in [1.82, 2.24) is 10.2 Å². The molecule has 0 bridgehead atoms. The molecule has 0 aliphatic carbocycles. The number of phenolic OH excluding ortho intramolecular Hbond substituents is 1. The fourth-order valence-electron chi connectivity index (χ4n) is 3.00. The maximum Gasteiger partial charge on any atom is 0.410 e. The summed E-state index contributed by atoms with van der Waals surface area (Å²) in [6.07, 6.45) is -0.536. The number of aromatic hydroxyl groups is 1. The van der Waals surface area contributed by atoms with E-state index in [4.69, 9.17) is 14.2 Å². The molecule has 2 aromatic carbocycles. The number of benzene rings is 2. The highest BCUT2D eigenvalue weighted by Crippen LogP contribution is 2.32. The molecule has 2 aliphatic heterocycles. The summed E-state index contributed by atoms with van der Waals surface area (Å²) in [6.45, 7) is 0.719. The van der Waals surface area contributed by atoms with Crippen LogP contribution >= 0.6 is 0 Å². The van der Waals surface area contributed by atoms with Crippen molar-refractivity contribution in [3.63, 3.8) is 0 Å². The molecule has 0 unspecified atom stereocenters. The van der Waals surface area contributed by atoms with Gasteiger partial charge in [0.2, 0.25) is 12.7 Å². The van der Waals surface area contributed by atoms with Crippen LogP contribution in [0.5, 0.6) is 17.2 Å². The number of phenols is 1. The molecule has 140 valence electrons. The molecular weight excluding hydrogens is 352 g/mol. The molecule has 4 rings (SSSR count). The van der Waals surface area contributed by atoms with Gasteiger partial charge in [0.05, 0.1) is 6.54 Å². The lowest BCUT2D eigenvalue weighted by Crippen LogP contribution is -2.45. The molecule has 2 N–H and O–H groups in total. The van der Waals surface area contributed by atoms with Crippen molar-refractivity contribution in [2.24, 2.45) is 0 Å². The van der Waals surface area contributed by atoms with Gasteiger partial charge < -0.3 is 24.6 Å². The highest BCUT2D eigenvalue weighted by Gasteiger charge is 2.37. The Bertz CT molecular complexity index is 867. The lowest BCUT2D eigenvalue weighted by Gasteiger charge is -2.21. The maximum absolute atomic E-state index is 12.6. The van der Waals surface area contributed by atoms with Crippen LogP contribution in [0.3, 0.4) is 0 Å². The SMILES string of the molecule is O=C(NCc1ccc2c(c1)OCO2)[C@@H]1COC(=O)N1Cc1ccc(O)cc1. The Balaban J connectivity index is 1.39. The normalized spacial score (nSPS) is 17.7. The number of hydrogen-bond acceptors (Lipinski definition) is 6. The molecule has 0 aromatic heterocycles. The van der Waals surface area contributed by atoms with Gasteiger partial charge in [0.15, 0.2) is 11.5 Å². The number of hydrogen-bond donors (Lipinski definition) is 2. The van der Waals surface area contributed by atoms with Crippen LogP contribution in [0.2, 0.25) is 0 Å². The second kappa shape index (κ2) is 7.06. The van der Waals surface area contributed by atoms with Crippen molar-refractivity contribution < 1.29 is 28.9 Å². The van der Waals surface area contributed by atoms with Gasteiger partial charge in [-0.05, 0) is 35.4 Å². The van der Waals surface area contributed by atoms with Crippen molar-refractivity contribution in [3.8, 4) is 17.2 Å². The van der Waals surface area contributed by atoms with Gasteiger partial charge in [-0.2, -0.15) is 0 Å². The zero-order valence-corrected chi connectivity index (χ0v) is 14.4. The van der Waals surface area contributed by atoms with Gasteiger partial charge in [-0.25, -0.2) is 4.79 Å². The number of carbonyl (C=O) groups excluding carboxylic acids is 2. The standard InChI is InChI=1S/C19H18N2O6/c22-14-4-1-12(2-5-14)9-21-15(10-25-19(21)24)18(23)20-8-13-3-6-16-17(7-13)27-11-26-16/h1-7,15,22H,8-11H2,(H,20,23)/t15-/m0/s1. The van der Waals surface area contributed by atoms with E-state index in [9.17, 15) is 14.7 Å². The first-order valence-corrected chi connectivity index (χ1v) is 8.48. The predicted octanol–water partition coefficient (Wildman–Crippen LogP) is 1.76. The number of cyclic esters (lactones) is 1. The lowest BCUT2D eigenvalue weighted by atomic mass is 10.1. The molecule has 0 saturated carbocycles. The van der Waals surface area contributed by atoms with Crippen LogP contribution in [0.25, 0.3) is 0 Å². The van der Waals surface area contributed by atoms with Crippen LogP contribution in [-0.4, -0.2) is 41.4 Å². The van der Waals surface area contributed by atoms with Crippen LogP contribution in [0.1, 0.15) is 11.1 Å². The van der Waals surface area contributed by atoms with Crippen molar-refractivity contribution in [3.05, 3.63) is 53.6 Å². The van der Waals surface area contributed by atoms with E-state index >= 15 is 0 Å². The van der Waals surface area contributed by atoms with Crippen LogP contribution in [-0.2, 0) is 22.6 Å². The molecule has 2 aromatic rings. The molecule has 8 heteroatoms. The number of ether oxygens (including phenoxy) is 3. The molecule has 1 saturated heterocycles. The predicted molar refractivity (Wildman–Crippen MR) is 93.2 cm³/mol. The second-order valence-corrected chi connectivity index (χ2v) is 6.29. The van der Waals surface area contributed by atoms with Gasteiger partial charge in [-0.15, -0.1) is 0 Å². The Morgan fingerprint density at radius 1 is 1.07 bits per heavy atom. The summed E-state index contributed by atoms with van der Waals surface area (Å²) in [7, 11) is 0. The monoisotopic (exact) mass is 370 g/mol. The minimum Gasteiger partial charge on any atom is -0.508 e. The summed E-state index contributed by atoms with van der Waals surface area (Å²) in [5.41, 5.74) is 1.66. The maximum atomic E-state index is 12.6. The Labute approximate surface area is 155 Å². The Morgan fingerprint density at radius 2 is 1.81 bits per heavy atom. The zero-order chi connectivity index (χ0) is 18.8. The largest absolute Gasteiger partial charge is 0.508 e. The van der Waals surface area contributed by atoms with E-state index < -0.39 is 12.1 Å². The molecule has 0 radical (unpaired) electrons. The topological polar surface area (TPSA) is 97.3 Å². The molecule has 1 fully saturated rings. The van der Waals surface area contributed by atoms with Gasteiger partial charge in [0, 0.05) is 6.54 Å². The quantitative estimate of drug-likeness (QED) is 0.832. The van der Waals surface area contributed by atoms with E-state index in [-0.39, 0.29) is 31.6 Å². The molecule has 27 heavy (non-hydrogen) atoms. The first-order chi connectivity index (χ1) is 13.1. The second-order valence-electron chi connectivity index (χ2n) is 6.29. The summed E-state index contributed by atoms with van der Waals surface area (Å²) in [4.78, 5) is 26.0. The third-order valence-electron chi connectivity index (χ3n) is 4.47. The summed E-state index contributed by atoms with van der Waals surface area (Å²) in [5.74, 6) is 1.17. The number of amides is 2. The first-order valence-electron chi connectivity index (χ1n) is 8.48. The fourth-order valence-corrected chi connectivity index (χ4v) is 3.00. The Morgan fingerprint density at radius 3 is 2.63 bits per heavy atom. The van der Waals surface area contributed by atoms with Gasteiger partial charge in [-0.1, -0.05) is 18.2 Å². The molecule has 2 aliphatic rings. The molecular formula is C19H18N2O6. The highest BCUT2D eigenvalue weighted by molar-refractivity contribution is 5.87. The van der Waals surface area contributed by atoms with E-state index in [1.165, 1.54) is 17.0 Å². The molecule has 8 nitrogen and oxygen atoms in total. The zero-order valence-electron chi connectivity index (χ0n) is 14.4. The number of fused-ring (bicyclic) bond motifs is 1. The number of carbonyl (C=O) groups is 2. The van der Waals surface area contributed by atoms with Crippen LogP contribution < -0.4 is 14.8 Å². The lowest BCUT2D eigenvalue weighted by molar-refractivity contribution is -0.125. The van der Waals surface area contributed by atoms with Crippen LogP contribution in [0.4, 0.5) is 4.79 Å². The average Bonchev–Trinajstić information content (AvgIpc) is 3.28. The van der Waals surface area contributed by atoms with Crippen LogP contribution in [0.15, 0.2) is 42.5 Å². The third kappa shape index (κ3) is 3.59. The van der Waals surface area contributed by atoms with Crippen molar-refractivity contribution in [2.75, 3.05) is 13.4 Å². The van der Waals surface area contributed by atoms with E-state index in [1.54, 1.807) is 18.2 Å². The van der Waals surface area contributed by atoms with E-state index in [1.807, 2.05) is 12.1 Å². The van der Waals surface area contributed by atoms with Gasteiger partial charge in [-0.3, -0.25) is 9.69 Å². The fraction of sp³-hybridized carbons (Fsp3) is 0.263. The van der Waals surface area contributed by atoms with Crippen LogP contribution in [0, 0.1) is 0 Å². The van der Waals surface area contributed by atoms with E-state index in [0.717, 1.165) is 11.1 Å². The highest BCUT2D eigenvalue weighted by atomic mass is 16.7. The Kier molecular flexibility index (Phi) is 4.45. The van der Waals surface area contributed by atoms with E-state index in [0.29, 0.717) is 18.0 Å². The minimum absolute atomic E-state index is 0.00386. The third-order valence-corrected chi connectivity index (χ3v) is 4.47. The minimum atomic E-state index is -0.708. The van der Waals surface area contributed by atoms with Gasteiger partial charge in [0.25, 0.3) is 0 Å². The smallest absolute Gasteiger partial charge is 0.410 e.